The normalized spacial score (nSPS) is 11.5. The molecule has 0 aliphatic rings. The predicted octanol–water partition coefficient (Wildman–Crippen LogP) is 2.40. The molecule has 3 N–H and O–H groups in total. The van der Waals surface area contributed by atoms with E-state index in [9.17, 15) is 4.79 Å². The quantitative estimate of drug-likeness (QED) is 0.852. The molecule has 6 heteroatoms. The lowest BCUT2D eigenvalue weighted by Gasteiger charge is -2.13. The van der Waals surface area contributed by atoms with Crippen LogP contribution in [0.15, 0.2) is 23.7 Å². The molecule has 2 aromatic rings. The maximum Gasteiger partial charge on any atom is 0.261 e. The summed E-state index contributed by atoms with van der Waals surface area (Å²) in [5, 5.41) is 5.84. The van der Waals surface area contributed by atoms with Crippen LogP contribution < -0.4 is 11.1 Å². The Morgan fingerprint density at radius 3 is 3.05 bits per heavy atom. The topological polar surface area (TPSA) is 68.0 Å². The number of carbonyl (C=O) groups is 1. The lowest BCUT2D eigenvalue weighted by Crippen LogP contribution is -2.27. The van der Waals surface area contributed by atoms with Crippen molar-refractivity contribution in [1.82, 2.24) is 10.3 Å². The van der Waals surface area contributed by atoms with Crippen LogP contribution in [0.1, 0.15) is 38.9 Å². The molecular formula is C14H15N3OS2. The smallest absolute Gasteiger partial charge is 0.261 e. The third-order valence-corrected chi connectivity index (χ3v) is 4.50. The molecule has 0 bridgehead atoms. The molecule has 1 unspecified atom stereocenters. The van der Waals surface area contributed by atoms with E-state index in [1.165, 1.54) is 11.3 Å². The van der Waals surface area contributed by atoms with E-state index in [-0.39, 0.29) is 11.9 Å². The van der Waals surface area contributed by atoms with Crippen molar-refractivity contribution in [2.24, 2.45) is 5.73 Å². The van der Waals surface area contributed by atoms with Gasteiger partial charge in [-0.2, -0.15) is 0 Å². The monoisotopic (exact) mass is 305 g/mol. The van der Waals surface area contributed by atoms with Crippen molar-refractivity contribution in [3.05, 3.63) is 38.5 Å². The van der Waals surface area contributed by atoms with Crippen molar-refractivity contribution >= 4 is 28.6 Å². The summed E-state index contributed by atoms with van der Waals surface area (Å²) in [7, 11) is 0. The fourth-order valence-electron chi connectivity index (χ4n) is 1.64. The Labute approximate surface area is 126 Å². The largest absolute Gasteiger partial charge is 0.342 e. The minimum Gasteiger partial charge on any atom is -0.342 e. The Kier molecular flexibility index (Phi) is 5.30. The van der Waals surface area contributed by atoms with Gasteiger partial charge in [0.05, 0.1) is 22.3 Å². The molecule has 0 radical (unpaired) electrons. The Bertz CT molecular complexity index is 622. The molecule has 20 heavy (non-hydrogen) atoms. The van der Waals surface area contributed by atoms with Gasteiger partial charge in [0.15, 0.2) is 0 Å². The zero-order chi connectivity index (χ0) is 14.4. The van der Waals surface area contributed by atoms with Crippen LogP contribution in [-0.2, 0) is 0 Å². The Hall–Kier alpha value is -1.68. The summed E-state index contributed by atoms with van der Waals surface area (Å²) in [5.74, 6) is 5.62. The fourth-order valence-corrected chi connectivity index (χ4v) is 3.20. The third-order valence-electron chi connectivity index (χ3n) is 2.61. The second kappa shape index (κ2) is 7.20. The molecule has 1 amide bonds. The molecule has 4 nitrogen and oxygen atoms in total. The Morgan fingerprint density at radius 2 is 2.40 bits per heavy atom. The molecule has 0 saturated heterocycles. The van der Waals surface area contributed by atoms with Gasteiger partial charge in [0.25, 0.3) is 5.91 Å². The van der Waals surface area contributed by atoms with Crippen LogP contribution in [0.5, 0.6) is 0 Å². The number of amides is 1. The Balaban J connectivity index is 2.05. The molecule has 0 spiro atoms. The molecule has 0 aromatic carbocycles. The highest BCUT2D eigenvalue weighted by molar-refractivity contribution is 7.14. The van der Waals surface area contributed by atoms with E-state index < -0.39 is 0 Å². The lowest BCUT2D eigenvalue weighted by atomic mass is 10.2. The molecule has 2 rings (SSSR count). The van der Waals surface area contributed by atoms with Gasteiger partial charge in [-0.25, -0.2) is 4.98 Å². The number of thiazole rings is 1. The number of carbonyl (C=O) groups excluding carboxylic acids is 1. The van der Waals surface area contributed by atoms with Gasteiger partial charge in [-0.05, 0) is 18.6 Å². The maximum atomic E-state index is 12.2. The van der Waals surface area contributed by atoms with Crippen molar-refractivity contribution < 1.29 is 4.79 Å². The molecule has 104 valence electrons. The van der Waals surface area contributed by atoms with Crippen LogP contribution >= 0.6 is 22.7 Å². The van der Waals surface area contributed by atoms with Gasteiger partial charge in [0.1, 0.15) is 5.01 Å². The first kappa shape index (κ1) is 14.7. The number of rotatable bonds is 4. The number of hydrogen-bond donors (Lipinski definition) is 2. The van der Waals surface area contributed by atoms with E-state index in [4.69, 9.17) is 5.73 Å². The van der Waals surface area contributed by atoms with E-state index in [1.807, 2.05) is 18.4 Å². The molecule has 0 aliphatic carbocycles. The number of nitrogens with zero attached hydrogens (tertiary/aromatic N) is 1. The van der Waals surface area contributed by atoms with Crippen LogP contribution in [0, 0.1) is 11.8 Å². The molecular weight excluding hydrogens is 290 g/mol. The number of hydrogen-bond acceptors (Lipinski definition) is 5. The van der Waals surface area contributed by atoms with Gasteiger partial charge in [-0.1, -0.05) is 18.8 Å². The van der Waals surface area contributed by atoms with E-state index >= 15 is 0 Å². The standard InChI is InChI=1S/C14H15N3OS2/c1-2-11(14-16-8-9-19-14)17-13(18)12-6-5-10(20-12)4-3-7-15/h5-6,8-9,11H,2,7,15H2,1H3,(H,17,18). The van der Waals surface area contributed by atoms with Crippen LogP contribution in [0.3, 0.4) is 0 Å². The zero-order valence-corrected chi connectivity index (χ0v) is 12.7. The van der Waals surface area contributed by atoms with Crippen molar-refractivity contribution in [2.75, 3.05) is 6.54 Å². The van der Waals surface area contributed by atoms with E-state index in [0.29, 0.717) is 11.4 Å². The number of nitrogens with two attached hydrogens (primary N) is 1. The molecule has 0 saturated carbocycles. The lowest BCUT2D eigenvalue weighted by molar-refractivity contribution is 0.0939. The summed E-state index contributed by atoms with van der Waals surface area (Å²) in [6.07, 6.45) is 2.56. The molecule has 1 atom stereocenters. The summed E-state index contributed by atoms with van der Waals surface area (Å²) < 4.78 is 0. The maximum absolute atomic E-state index is 12.2. The summed E-state index contributed by atoms with van der Waals surface area (Å²) in [5.41, 5.74) is 5.33. The van der Waals surface area contributed by atoms with Gasteiger partial charge in [0.2, 0.25) is 0 Å². The van der Waals surface area contributed by atoms with Crippen LogP contribution in [0.2, 0.25) is 0 Å². The number of aromatic nitrogens is 1. The second-order valence-electron chi connectivity index (χ2n) is 3.97. The number of nitrogens with one attached hydrogen (secondary N) is 1. The summed E-state index contributed by atoms with van der Waals surface area (Å²) >= 11 is 2.92. The summed E-state index contributed by atoms with van der Waals surface area (Å²) in [6.45, 7) is 2.35. The molecule has 0 aliphatic heterocycles. The van der Waals surface area contributed by atoms with Crippen molar-refractivity contribution in [2.45, 2.75) is 19.4 Å². The van der Waals surface area contributed by atoms with E-state index in [0.717, 1.165) is 16.3 Å². The Morgan fingerprint density at radius 1 is 1.55 bits per heavy atom. The van der Waals surface area contributed by atoms with Gasteiger partial charge in [0, 0.05) is 11.6 Å². The first-order valence-electron chi connectivity index (χ1n) is 6.23. The molecule has 2 heterocycles. The predicted molar refractivity (Wildman–Crippen MR) is 82.9 cm³/mol. The fraction of sp³-hybridized carbons (Fsp3) is 0.286. The summed E-state index contributed by atoms with van der Waals surface area (Å²) in [6, 6.07) is 3.59. The van der Waals surface area contributed by atoms with Crippen LogP contribution in [0.25, 0.3) is 0 Å². The highest BCUT2D eigenvalue weighted by atomic mass is 32.1. The minimum absolute atomic E-state index is 0.0387. The SMILES string of the molecule is CCC(NC(=O)c1ccc(C#CCN)s1)c1nccs1. The highest BCUT2D eigenvalue weighted by Crippen LogP contribution is 2.21. The summed E-state index contributed by atoms with van der Waals surface area (Å²) in [4.78, 5) is 18.0. The van der Waals surface area contributed by atoms with Gasteiger partial charge >= 0.3 is 0 Å². The average Bonchev–Trinajstić information content (AvgIpc) is 3.13. The van der Waals surface area contributed by atoms with Crippen molar-refractivity contribution in [3.63, 3.8) is 0 Å². The zero-order valence-electron chi connectivity index (χ0n) is 11.1. The minimum atomic E-state index is -0.0853. The first-order valence-corrected chi connectivity index (χ1v) is 7.93. The molecule has 0 fully saturated rings. The second-order valence-corrected chi connectivity index (χ2v) is 5.98. The van der Waals surface area contributed by atoms with E-state index in [2.05, 4.69) is 22.1 Å². The average molecular weight is 305 g/mol. The van der Waals surface area contributed by atoms with Crippen LogP contribution in [0.4, 0.5) is 0 Å². The van der Waals surface area contributed by atoms with Crippen molar-refractivity contribution in [3.8, 4) is 11.8 Å². The van der Waals surface area contributed by atoms with E-state index in [1.54, 1.807) is 23.6 Å². The number of thiophene rings is 1. The van der Waals surface area contributed by atoms with Crippen molar-refractivity contribution in [1.29, 1.82) is 0 Å². The van der Waals surface area contributed by atoms with Gasteiger partial charge < -0.3 is 11.1 Å². The third kappa shape index (κ3) is 3.67. The molecule has 2 aromatic heterocycles. The van der Waals surface area contributed by atoms with Gasteiger partial charge in [-0.3, -0.25) is 4.79 Å². The first-order chi connectivity index (χ1) is 9.74. The van der Waals surface area contributed by atoms with Gasteiger partial charge in [-0.15, -0.1) is 22.7 Å². The van der Waals surface area contributed by atoms with Crippen LogP contribution in [-0.4, -0.2) is 17.4 Å². The highest BCUT2D eigenvalue weighted by Gasteiger charge is 2.17.